The predicted octanol–water partition coefficient (Wildman–Crippen LogP) is 4.58. The third-order valence-electron chi connectivity index (χ3n) is 4.77. The number of benzene rings is 2. The van der Waals surface area contributed by atoms with Crippen molar-refractivity contribution in [1.82, 2.24) is 5.32 Å². The maximum atomic E-state index is 12.7. The van der Waals surface area contributed by atoms with E-state index in [0.717, 1.165) is 16.9 Å². The number of aliphatic hydroxyl groups is 1. The number of carbonyl (C=O) groups excluding carboxylic acids is 1. The summed E-state index contributed by atoms with van der Waals surface area (Å²) < 4.78 is 5.96. The standard InChI is InChI=1S/C21H18ClNO3/c1-21-12-16(15-4-2-3-5-18(15)26-21)19(20(25)23-21)17(24)11-8-13-6-9-14(22)10-7-13/h2-11,16,24H,12H2,1H3,(H,23,25)/b11-8?,19-17+. The third kappa shape index (κ3) is 2.97. The van der Waals surface area contributed by atoms with Crippen molar-refractivity contribution < 1.29 is 14.6 Å². The number of aliphatic hydroxyl groups excluding tert-OH is 1. The van der Waals surface area contributed by atoms with Gasteiger partial charge >= 0.3 is 0 Å². The molecule has 2 unspecified atom stereocenters. The average molecular weight is 368 g/mol. The summed E-state index contributed by atoms with van der Waals surface area (Å²) in [5, 5.41) is 14.2. The van der Waals surface area contributed by atoms with Gasteiger partial charge in [-0.3, -0.25) is 4.79 Å². The summed E-state index contributed by atoms with van der Waals surface area (Å²) in [4.78, 5) is 12.7. The van der Waals surface area contributed by atoms with Crippen LogP contribution in [0, 0.1) is 0 Å². The smallest absolute Gasteiger partial charge is 0.254 e. The lowest BCUT2D eigenvalue weighted by Gasteiger charge is -2.45. The molecule has 26 heavy (non-hydrogen) atoms. The van der Waals surface area contributed by atoms with Gasteiger partial charge in [-0.15, -0.1) is 0 Å². The van der Waals surface area contributed by atoms with E-state index in [1.165, 1.54) is 0 Å². The van der Waals surface area contributed by atoms with Crippen molar-refractivity contribution in [2.24, 2.45) is 0 Å². The maximum absolute atomic E-state index is 12.7. The van der Waals surface area contributed by atoms with Gasteiger partial charge in [0.2, 0.25) is 0 Å². The Balaban J connectivity index is 1.74. The summed E-state index contributed by atoms with van der Waals surface area (Å²) in [5.41, 5.74) is 1.40. The molecule has 1 saturated heterocycles. The van der Waals surface area contributed by atoms with Gasteiger partial charge < -0.3 is 15.2 Å². The summed E-state index contributed by atoms with van der Waals surface area (Å²) in [7, 11) is 0. The Morgan fingerprint density at radius 2 is 2.00 bits per heavy atom. The second-order valence-electron chi connectivity index (χ2n) is 6.77. The zero-order chi connectivity index (χ0) is 18.3. The first-order valence-corrected chi connectivity index (χ1v) is 8.80. The van der Waals surface area contributed by atoms with Gasteiger partial charge in [-0.1, -0.05) is 48.0 Å². The molecular weight excluding hydrogens is 350 g/mol. The Morgan fingerprint density at radius 3 is 2.77 bits per heavy atom. The van der Waals surface area contributed by atoms with Crippen LogP contribution in [-0.2, 0) is 4.79 Å². The minimum Gasteiger partial charge on any atom is -0.507 e. The molecule has 0 saturated carbocycles. The van der Waals surface area contributed by atoms with Crippen LogP contribution < -0.4 is 10.1 Å². The van der Waals surface area contributed by atoms with E-state index in [4.69, 9.17) is 16.3 Å². The number of allylic oxidation sites excluding steroid dienone is 1. The van der Waals surface area contributed by atoms with Crippen molar-refractivity contribution in [1.29, 1.82) is 0 Å². The molecule has 2 heterocycles. The van der Waals surface area contributed by atoms with Crippen LogP contribution >= 0.6 is 11.6 Å². The molecule has 2 bridgehead atoms. The molecule has 1 fully saturated rings. The van der Waals surface area contributed by atoms with E-state index in [-0.39, 0.29) is 17.6 Å². The zero-order valence-corrected chi connectivity index (χ0v) is 15.0. The predicted molar refractivity (Wildman–Crippen MR) is 101 cm³/mol. The number of piperidine rings is 1. The molecule has 2 N–H and O–H groups in total. The molecule has 5 heteroatoms. The molecule has 0 aliphatic carbocycles. The lowest BCUT2D eigenvalue weighted by atomic mass is 9.78. The Labute approximate surface area is 156 Å². The fourth-order valence-electron chi connectivity index (χ4n) is 3.58. The van der Waals surface area contributed by atoms with Gasteiger partial charge in [0.1, 0.15) is 11.5 Å². The number of amides is 1. The highest BCUT2D eigenvalue weighted by atomic mass is 35.5. The number of hydrogen-bond acceptors (Lipinski definition) is 3. The molecule has 0 aromatic heterocycles. The monoisotopic (exact) mass is 367 g/mol. The molecule has 1 amide bonds. The topological polar surface area (TPSA) is 58.6 Å². The van der Waals surface area contributed by atoms with Gasteiger partial charge in [-0.25, -0.2) is 0 Å². The van der Waals surface area contributed by atoms with Gasteiger partial charge in [0.05, 0.1) is 5.57 Å². The Hall–Kier alpha value is -2.72. The highest BCUT2D eigenvalue weighted by molar-refractivity contribution is 6.30. The minimum atomic E-state index is -0.764. The van der Waals surface area contributed by atoms with Crippen molar-refractivity contribution in [3.05, 3.63) is 82.1 Å². The van der Waals surface area contributed by atoms with Crippen molar-refractivity contribution in [2.75, 3.05) is 0 Å². The first-order valence-electron chi connectivity index (χ1n) is 8.42. The lowest BCUT2D eigenvalue weighted by molar-refractivity contribution is -0.127. The molecule has 4 rings (SSSR count). The highest BCUT2D eigenvalue weighted by Crippen LogP contribution is 2.47. The molecular formula is C21H18ClNO3. The van der Waals surface area contributed by atoms with E-state index in [2.05, 4.69) is 5.32 Å². The Bertz CT molecular complexity index is 933. The van der Waals surface area contributed by atoms with Crippen molar-refractivity contribution in [3.8, 4) is 5.75 Å². The molecule has 2 aromatic carbocycles. The molecule has 2 aromatic rings. The molecule has 0 spiro atoms. The number of ether oxygens (including phenoxy) is 1. The van der Waals surface area contributed by atoms with Crippen LogP contribution in [0.1, 0.15) is 30.4 Å². The van der Waals surface area contributed by atoms with Gasteiger partial charge in [0, 0.05) is 22.9 Å². The van der Waals surface area contributed by atoms with E-state index in [9.17, 15) is 9.90 Å². The summed E-state index contributed by atoms with van der Waals surface area (Å²) in [6, 6.07) is 14.9. The zero-order valence-electron chi connectivity index (χ0n) is 14.2. The molecule has 4 nitrogen and oxygen atoms in total. The summed E-state index contributed by atoms with van der Waals surface area (Å²) >= 11 is 5.89. The largest absolute Gasteiger partial charge is 0.507 e. The molecule has 2 aliphatic rings. The maximum Gasteiger partial charge on any atom is 0.254 e. The first-order chi connectivity index (χ1) is 12.5. The number of halogens is 1. The molecule has 0 radical (unpaired) electrons. The number of fused-ring (bicyclic) bond motifs is 4. The number of hydrogen-bond donors (Lipinski definition) is 2. The molecule has 2 aliphatic heterocycles. The lowest BCUT2D eigenvalue weighted by Crippen LogP contribution is -2.58. The van der Waals surface area contributed by atoms with Crippen LogP contribution in [0.15, 0.2) is 65.9 Å². The van der Waals surface area contributed by atoms with Crippen LogP contribution in [0.2, 0.25) is 5.02 Å². The normalized spacial score (nSPS) is 26.1. The van der Waals surface area contributed by atoms with Gasteiger partial charge in [0.15, 0.2) is 5.72 Å². The molecule has 132 valence electrons. The van der Waals surface area contributed by atoms with Gasteiger partial charge in [-0.05, 0) is 36.8 Å². The van der Waals surface area contributed by atoms with Gasteiger partial charge in [-0.2, -0.15) is 0 Å². The summed E-state index contributed by atoms with van der Waals surface area (Å²) in [5.74, 6) is 0.171. The van der Waals surface area contributed by atoms with Crippen LogP contribution in [0.25, 0.3) is 6.08 Å². The van der Waals surface area contributed by atoms with Crippen molar-refractivity contribution in [2.45, 2.75) is 25.0 Å². The molecule has 2 atom stereocenters. The SMILES string of the molecule is CC12CC(/C(=C(\O)C=Cc3ccc(Cl)cc3)C(=O)N1)c1ccccc1O2. The van der Waals surface area contributed by atoms with Crippen molar-refractivity contribution >= 4 is 23.6 Å². The van der Waals surface area contributed by atoms with Crippen LogP contribution in [-0.4, -0.2) is 16.7 Å². The highest BCUT2D eigenvalue weighted by Gasteiger charge is 2.47. The quantitative estimate of drug-likeness (QED) is 0.603. The number of carbonyl (C=O) groups is 1. The number of para-hydroxylation sites is 1. The van der Waals surface area contributed by atoms with E-state index in [0.29, 0.717) is 17.0 Å². The van der Waals surface area contributed by atoms with Crippen LogP contribution in [0.3, 0.4) is 0 Å². The third-order valence-corrected chi connectivity index (χ3v) is 5.03. The van der Waals surface area contributed by atoms with E-state index < -0.39 is 5.72 Å². The van der Waals surface area contributed by atoms with Gasteiger partial charge in [0.25, 0.3) is 5.91 Å². The average Bonchev–Trinajstić information content (AvgIpc) is 2.60. The second-order valence-corrected chi connectivity index (χ2v) is 7.20. The van der Waals surface area contributed by atoms with E-state index in [1.807, 2.05) is 43.3 Å². The second kappa shape index (κ2) is 6.22. The summed E-state index contributed by atoms with van der Waals surface area (Å²) in [6.45, 7) is 1.85. The Morgan fingerprint density at radius 1 is 1.27 bits per heavy atom. The fraction of sp³-hybridized carbons (Fsp3) is 0.190. The van der Waals surface area contributed by atoms with Crippen LogP contribution in [0.5, 0.6) is 5.75 Å². The minimum absolute atomic E-state index is 0.0406. The van der Waals surface area contributed by atoms with Crippen molar-refractivity contribution in [3.63, 3.8) is 0 Å². The summed E-state index contributed by atoms with van der Waals surface area (Å²) in [6.07, 6.45) is 3.88. The first kappa shape index (κ1) is 16.7. The number of nitrogens with one attached hydrogen (secondary N) is 1. The fourth-order valence-corrected chi connectivity index (χ4v) is 3.70. The Kier molecular flexibility index (Phi) is 4.00. The van der Waals surface area contributed by atoms with Crippen LogP contribution in [0.4, 0.5) is 0 Å². The van der Waals surface area contributed by atoms with E-state index >= 15 is 0 Å². The number of rotatable bonds is 2. The van der Waals surface area contributed by atoms with E-state index in [1.54, 1.807) is 24.3 Å².